The first kappa shape index (κ1) is 19.9. The second kappa shape index (κ2) is 10.6. The minimum atomic E-state index is -4.03. The Bertz CT molecular complexity index is 489. The molecule has 0 saturated carbocycles. The number of phenols is 1. The predicted octanol–water partition coefficient (Wildman–Crippen LogP) is 4.46. The van der Waals surface area contributed by atoms with Crippen molar-refractivity contribution in [3.63, 3.8) is 0 Å². The third-order valence-electron chi connectivity index (χ3n) is 3.21. The number of hydrogen-bond donors (Lipinski definition) is 2. The second-order valence-electron chi connectivity index (χ2n) is 5.20. The van der Waals surface area contributed by atoms with Gasteiger partial charge in [-0.2, -0.15) is 8.42 Å². The monoisotopic (exact) mass is 316 g/mol. The van der Waals surface area contributed by atoms with Gasteiger partial charge in [0.1, 0.15) is 11.5 Å². The normalized spacial score (nSPS) is 10.9. The van der Waals surface area contributed by atoms with Crippen molar-refractivity contribution in [2.24, 2.45) is 0 Å². The SMILES string of the molecule is CCCCCCCC.Cc1c(O)cccc1CS(=O)(=O)O. The molecule has 0 aliphatic heterocycles. The van der Waals surface area contributed by atoms with Crippen molar-refractivity contribution in [2.45, 2.75) is 65.0 Å². The largest absolute Gasteiger partial charge is 0.508 e. The van der Waals surface area contributed by atoms with E-state index >= 15 is 0 Å². The van der Waals surface area contributed by atoms with E-state index in [0.29, 0.717) is 11.1 Å². The summed E-state index contributed by atoms with van der Waals surface area (Å²) in [5.41, 5.74) is 0.877. The molecule has 0 heterocycles. The molecule has 1 aromatic carbocycles. The molecule has 0 unspecified atom stereocenters. The lowest BCUT2D eigenvalue weighted by Gasteiger charge is -2.04. The molecule has 21 heavy (non-hydrogen) atoms. The lowest BCUT2D eigenvalue weighted by molar-refractivity contribution is 0.469. The second-order valence-corrected chi connectivity index (χ2v) is 6.65. The Balaban J connectivity index is 0.000000433. The van der Waals surface area contributed by atoms with Crippen molar-refractivity contribution in [1.82, 2.24) is 0 Å². The van der Waals surface area contributed by atoms with Crippen LogP contribution in [0.15, 0.2) is 18.2 Å². The van der Waals surface area contributed by atoms with Crippen LogP contribution in [0.3, 0.4) is 0 Å². The van der Waals surface area contributed by atoms with Gasteiger partial charge in [0.25, 0.3) is 10.1 Å². The maximum atomic E-state index is 10.5. The van der Waals surface area contributed by atoms with Crippen LogP contribution >= 0.6 is 0 Å². The zero-order valence-electron chi connectivity index (χ0n) is 13.3. The van der Waals surface area contributed by atoms with Crippen LogP contribution < -0.4 is 0 Å². The van der Waals surface area contributed by atoms with Crippen molar-refractivity contribution >= 4 is 10.1 Å². The van der Waals surface area contributed by atoms with Gasteiger partial charge in [-0.25, -0.2) is 0 Å². The number of unbranched alkanes of at least 4 members (excludes halogenated alkanes) is 5. The molecule has 1 aromatic rings. The van der Waals surface area contributed by atoms with Crippen molar-refractivity contribution in [2.75, 3.05) is 0 Å². The van der Waals surface area contributed by atoms with Crippen LogP contribution in [-0.4, -0.2) is 18.1 Å². The summed E-state index contributed by atoms with van der Waals surface area (Å²) in [6.07, 6.45) is 8.49. The third kappa shape index (κ3) is 10.3. The molecular weight excluding hydrogens is 288 g/mol. The molecule has 0 aromatic heterocycles. The molecule has 0 fully saturated rings. The van der Waals surface area contributed by atoms with E-state index in [9.17, 15) is 13.5 Å². The fraction of sp³-hybridized carbons (Fsp3) is 0.625. The molecule has 122 valence electrons. The maximum Gasteiger partial charge on any atom is 0.269 e. The summed E-state index contributed by atoms with van der Waals surface area (Å²) in [7, 11) is -4.03. The van der Waals surface area contributed by atoms with Crippen LogP contribution in [0.25, 0.3) is 0 Å². The highest BCUT2D eigenvalue weighted by Gasteiger charge is 2.10. The summed E-state index contributed by atoms with van der Waals surface area (Å²) in [4.78, 5) is 0. The Kier molecular flexibility index (Phi) is 10.1. The smallest absolute Gasteiger partial charge is 0.269 e. The van der Waals surface area contributed by atoms with E-state index in [0.717, 1.165) is 0 Å². The van der Waals surface area contributed by atoms with Gasteiger partial charge in [-0.05, 0) is 24.1 Å². The van der Waals surface area contributed by atoms with E-state index in [1.54, 1.807) is 13.0 Å². The average Bonchev–Trinajstić information content (AvgIpc) is 2.40. The van der Waals surface area contributed by atoms with E-state index in [4.69, 9.17) is 4.55 Å². The summed E-state index contributed by atoms with van der Waals surface area (Å²) in [5, 5.41) is 9.22. The van der Waals surface area contributed by atoms with E-state index < -0.39 is 15.9 Å². The zero-order chi connectivity index (χ0) is 16.3. The summed E-state index contributed by atoms with van der Waals surface area (Å²) < 4.78 is 29.7. The number of hydrogen-bond acceptors (Lipinski definition) is 3. The van der Waals surface area contributed by atoms with Gasteiger partial charge in [-0.15, -0.1) is 0 Å². The topological polar surface area (TPSA) is 74.6 Å². The van der Waals surface area contributed by atoms with Gasteiger partial charge in [0.2, 0.25) is 0 Å². The highest BCUT2D eigenvalue weighted by molar-refractivity contribution is 7.85. The summed E-state index contributed by atoms with van der Waals surface area (Å²) in [5.74, 6) is -0.436. The first-order valence-corrected chi connectivity index (χ1v) is 9.15. The molecule has 5 heteroatoms. The Morgan fingerprint density at radius 1 is 1.00 bits per heavy atom. The molecule has 0 bridgehead atoms. The molecule has 4 nitrogen and oxygen atoms in total. The molecule has 0 amide bonds. The standard InChI is InChI=1S/C8H10O4S.C8H18/c1-6-7(5-13(10,11)12)3-2-4-8(6)9;1-3-5-7-8-6-4-2/h2-4,9H,5H2,1H3,(H,10,11,12);3-8H2,1-2H3. The van der Waals surface area contributed by atoms with Gasteiger partial charge in [0.05, 0.1) is 0 Å². The fourth-order valence-electron chi connectivity index (χ4n) is 1.88. The highest BCUT2D eigenvalue weighted by Crippen LogP contribution is 2.20. The summed E-state index contributed by atoms with van der Waals surface area (Å²) in [6, 6.07) is 4.54. The van der Waals surface area contributed by atoms with Crippen LogP contribution in [0.4, 0.5) is 0 Å². The van der Waals surface area contributed by atoms with Gasteiger partial charge in [-0.3, -0.25) is 4.55 Å². The van der Waals surface area contributed by atoms with E-state index in [2.05, 4.69) is 13.8 Å². The summed E-state index contributed by atoms with van der Waals surface area (Å²) in [6.45, 7) is 6.10. The number of aromatic hydroxyl groups is 1. The number of benzene rings is 1. The van der Waals surface area contributed by atoms with Gasteiger partial charge >= 0.3 is 0 Å². The van der Waals surface area contributed by atoms with Crippen molar-refractivity contribution < 1.29 is 18.1 Å². The van der Waals surface area contributed by atoms with Gasteiger partial charge in [0, 0.05) is 0 Å². The Labute approximate surface area is 129 Å². The molecule has 0 saturated heterocycles. The van der Waals surface area contributed by atoms with Crippen LogP contribution in [0, 0.1) is 6.92 Å². The van der Waals surface area contributed by atoms with Crippen molar-refractivity contribution in [3.05, 3.63) is 29.3 Å². The van der Waals surface area contributed by atoms with Gasteiger partial charge < -0.3 is 5.11 Å². The molecule has 0 spiro atoms. The fourth-order valence-corrected chi connectivity index (χ4v) is 2.58. The molecule has 0 radical (unpaired) electrons. The van der Waals surface area contributed by atoms with Crippen LogP contribution in [-0.2, 0) is 15.9 Å². The Hall–Kier alpha value is -1.07. The van der Waals surface area contributed by atoms with Crippen LogP contribution in [0.1, 0.15) is 63.5 Å². The van der Waals surface area contributed by atoms with Crippen LogP contribution in [0.2, 0.25) is 0 Å². The summed E-state index contributed by atoms with van der Waals surface area (Å²) >= 11 is 0. The van der Waals surface area contributed by atoms with E-state index in [1.807, 2.05) is 0 Å². The van der Waals surface area contributed by atoms with Crippen molar-refractivity contribution in [1.29, 1.82) is 0 Å². The minimum Gasteiger partial charge on any atom is -0.508 e. The first-order chi connectivity index (χ1) is 9.81. The molecule has 0 aliphatic rings. The van der Waals surface area contributed by atoms with E-state index in [1.165, 1.54) is 50.7 Å². The zero-order valence-corrected chi connectivity index (χ0v) is 14.1. The maximum absolute atomic E-state index is 10.5. The minimum absolute atomic E-state index is 0.0288. The quantitative estimate of drug-likeness (QED) is 0.575. The van der Waals surface area contributed by atoms with Crippen LogP contribution in [0.5, 0.6) is 5.75 Å². The molecule has 2 N–H and O–H groups in total. The molecular formula is C16H28O4S. The highest BCUT2D eigenvalue weighted by atomic mass is 32.2. The predicted molar refractivity (Wildman–Crippen MR) is 87.1 cm³/mol. The number of rotatable bonds is 7. The third-order valence-corrected chi connectivity index (χ3v) is 3.89. The molecule has 1 rings (SSSR count). The Morgan fingerprint density at radius 2 is 1.52 bits per heavy atom. The van der Waals surface area contributed by atoms with Gasteiger partial charge in [0.15, 0.2) is 0 Å². The van der Waals surface area contributed by atoms with Crippen molar-refractivity contribution in [3.8, 4) is 5.75 Å². The first-order valence-electron chi connectivity index (χ1n) is 7.54. The molecule has 0 atom stereocenters. The van der Waals surface area contributed by atoms with E-state index in [-0.39, 0.29) is 5.75 Å². The number of phenolic OH excluding ortho intramolecular Hbond substituents is 1. The lowest BCUT2D eigenvalue weighted by atomic mass is 10.1. The Morgan fingerprint density at radius 3 is 1.95 bits per heavy atom. The lowest BCUT2D eigenvalue weighted by Crippen LogP contribution is -2.02. The van der Waals surface area contributed by atoms with Gasteiger partial charge in [-0.1, -0.05) is 64.5 Å². The average molecular weight is 316 g/mol. The molecule has 0 aliphatic carbocycles.